The molecule has 53 heavy (non-hydrogen) atoms. The monoisotopic (exact) mass is 912 g/mol. The number of nitrogens with zero attached hydrogens (tertiary/aromatic N) is 4. The number of benzene rings is 2. The van der Waals surface area contributed by atoms with E-state index in [0.717, 1.165) is 0 Å². The van der Waals surface area contributed by atoms with Gasteiger partial charge in [0.1, 0.15) is 0 Å². The molecule has 0 saturated heterocycles. The second-order valence-electron chi connectivity index (χ2n) is 8.74. The Hall–Kier alpha value is -4.46. The SMILES string of the molecule is [Ce+4].[O-]/C(=C\C=Nc1cc(F)c(F)cc1N=C/C=C(\[O-])C(F)(F)F)C(F)(F)F.[O-]/C(=C\C=Nc1cc(F)c(F)cc1N=C/C=C(\[O-])C(F)(F)F)C(F)(F)F. The molecule has 0 heterocycles. The van der Waals surface area contributed by atoms with Crippen molar-refractivity contribution in [3.8, 4) is 0 Å². The molecule has 0 saturated carbocycles. The van der Waals surface area contributed by atoms with Gasteiger partial charge in [-0.1, -0.05) is 0 Å². The van der Waals surface area contributed by atoms with Crippen molar-refractivity contribution in [1.82, 2.24) is 0 Å². The molecule has 0 unspecified atom stereocenters. The summed E-state index contributed by atoms with van der Waals surface area (Å²) in [4.78, 5) is 13.1. The van der Waals surface area contributed by atoms with Gasteiger partial charge in [0.25, 0.3) is 0 Å². The van der Waals surface area contributed by atoms with Gasteiger partial charge in [-0.2, -0.15) is 52.7 Å². The normalized spacial score (nSPS) is 14.3. The van der Waals surface area contributed by atoms with Crippen LogP contribution in [-0.4, -0.2) is 49.6 Å². The van der Waals surface area contributed by atoms with Gasteiger partial charge in [0.2, 0.25) is 0 Å². The van der Waals surface area contributed by atoms with E-state index in [1.54, 1.807) is 0 Å². The first kappa shape index (κ1) is 48.5. The first-order valence-corrected chi connectivity index (χ1v) is 12.6. The smallest absolute Gasteiger partial charge is 0.869 e. The summed E-state index contributed by atoms with van der Waals surface area (Å²) in [5, 5.41) is 42.5. The first-order chi connectivity index (χ1) is 23.6. The molecule has 0 amide bonds. The minimum Gasteiger partial charge on any atom is -0.869 e. The van der Waals surface area contributed by atoms with Crippen molar-refractivity contribution in [3.05, 3.63) is 94.9 Å². The third-order valence-corrected chi connectivity index (χ3v) is 4.91. The number of aliphatic imine (C=N–C) groups is 4. The minimum absolute atomic E-state index is 0. The molecule has 0 bridgehead atoms. The van der Waals surface area contributed by atoms with Crippen LogP contribution in [0.2, 0.25) is 0 Å². The Morgan fingerprint density at radius 1 is 0.377 bits per heavy atom. The third-order valence-electron chi connectivity index (χ3n) is 4.91. The molecule has 2 aromatic rings. The average molecular weight is 913 g/mol. The predicted molar refractivity (Wildman–Crippen MR) is 142 cm³/mol. The number of hydrogen-bond donors (Lipinski definition) is 0. The van der Waals surface area contributed by atoms with Crippen LogP contribution in [-0.2, 0) is 0 Å². The van der Waals surface area contributed by atoms with Gasteiger partial charge in [0.05, 0.1) is 22.7 Å². The molecule has 0 radical (unpaired) electrons. The van der Waals surface area contributed by atoms with Gasteiger partial charge >= 0.3 is 66.5 Å². The molecule has 0 aliphatic rings. The van der Waals surface area contributed by atoms with Crippen molar-refractivity contribution < 1.29 is 132 Å². The molecule has 8 nitrogen and oxygen atoms in total. The molecule has 0 aliphatic carbocycles. The second-order valence-corrected chi connectivity index (χ2v) is 8.74. The molecule has 0 aromatic heterocycles. The van der Waals surface area contributed by atoms with Crippen LogP contribution in [0.25, 0.3) is 0 Å². The summed E-state index contributed by atoms with van der Waals surface area (Å²) in [6.07, 6.45) is -19.4. The largest absolute Gasteiger partial charge is 4.00 e. The molecule has 0 N–H and O–H groups in total. The fourth-order valence-electron chi connectivity index (χ4n) is 2.58. The average Bonchev–Trinajstić information content (AvgIpc) is 2.99. The molecule has 0 atom stereocenters. The maximum Gasteiger partial charge on any atom is 4.00 e. The van der Waals surface area contributed by atoms with Crippen molar-refractivity contribution in [2.24, 2.45) is 20.0 Å². The van der Waals surface area contributed by atoms with E-state index in [4.69, 9.17) is 0 Å². The molecule has 0 aliphatic heterocycles. The molecular weight excluding hydrogens is 900 g/mol. The summed E-state index contributed by atoms with van der Waals surface area (Å²) in [5.41, 5.74) is -2.39. The topological polar surface area (TPSA) is 142 Å². The molecule has 25 heteroatoms. The van der Waals surface area contributed by atoms with Crippen molar-refractivity contribution in [1.29, 1.82) is 0 Å². The van der Waals surface area contributed by atoms with Gasteiger partial charge in [-0.15, -0.1) is 0 Å². The second kappa shape index (κ2) is 20.1. The summed E-state index contributed by atoms with van der Waals surface area (Å²) in [6.45, 7) is 0. The minimum atomic E-state index is -5.17. The van der Waals surface area contributed by atoms with Crippen LogP contribution >= 0.6 is 0 Å². The molecule has 0 fully saturated rings. The van der Waals surface area contributed by atoms with Gasteiger partial charge < -0.3 is 20.4 Å². The number of halogens is 16. The fourth-order valence-corrected chi connectivity index (χ4v) is 2.58. The Morgan fingerprint density at radius 2 is 0.528 bits per heavy atom. The van der Waals surface area contributed by atoms with Crippen LogP contribution in [0, 0.1) is 65.0 Å². The quantitative estimate of drug-likeness (QED) is 0.183. The van der Waals surface area contributed by atoms with Crippen molar-refractivity contribution in [2.45, 2.75) is 24.7 Å². The van der Waals surface area contributed by atoms with Crippen LogP contribution in [0.1, 0.15) is 0 Å². The van der Waals surface area contributed by atoms with Gasteiger partial charge in [0.15, 0.2) is 23.3 Å². The summed E-state index contributed by atoms with van der Waals surface area (Å²) in [6, 6.07) is 1.54. The van der Waals surface area contributed by atoms with E-state index in [0.29, 0.717) is 49.1 Å². The Morgan fingerprint density at radius 3 is 0.660 bits per heavy atom. The fraction of sp³-hybridized carbons (Fsp3) is 0.143. The van der Waals surface area contributed by atoms with E-state index in [1.807, 2.05) is 0 Å². The van der Waals surface area contributed by atoms with E-state index < -0.39 is 93.8 Å². The van der Waals surface area contributed by atoms with Crippen LogP contribution < -0.4 is 20.4 Å². The van der Waals surface area contributed by atoms with Gasteiger partial charge in [-0.25, -0.2) is 17.6 Å². The third kappa shape index (κ3) is 17.3. The maximum atomic E-state index is 13.2. The van der Waals surface area contributed by atoms with Crippen LogP contribution in [0.4, 0.5) is 93.0 Å². The zero-order valence-corrected chi connectivity index (χ0v) is 28.0. The Balaban J connectivity index is 0.00000100. The first-order valence-electron chi connectivity index (χ1n) is 12.6. The zero-order valence-electron chi connectivity index (χ0n) is 24.9. The van der Waals surface area contributed by atoms with Crippen LogP contribution in [0.3, 0.4) is 0 Å². The van der Waals surface area contributed by atoms with Crippen LogP contribution in [0.15, 0.2) is 91.6 Å². The van der Waals surface area contributed by atoms with Crippen molar-refractivity contribution in [3.63, 3.8) is 0 Å². The molecular formula is C28H12CeF16N4O4. The molecule has 0 spiro atoms. The molecule has 2 rings (SSSR count). The summed E-state index contributed by atoms with van der Waals surface area (Å²) < 4.78 is 197. The van der Waals surface area contributed by atoms with E-state index in [2.05, 4.69) is 20.0 Å². The summed E-state index contributed by atoms with van der Waals surface area (Å²) in [5.74, 6) is -15.0. The predicted octanol–water partition coefficient (Wildman–Crippen LogP) is 5.96. The van der Waals surface area contributed by atoms with E-state index in [1.165, 1.54) is 0 Å². The van der Waals surface area contributed by atoms with Crippen LogP contribution in [0.5, 0.6) is 0 Å². The summed E-state index contributed by atoms with van der Waals surface area (Å²) >= 11 is 0. The molecule has 2 aromatic carbocycles. The Kier molecular flexibility index (Phi) is 18.4. The van der Waals surface area contributed by atoms with Gasteiger partial charge in [-0.05, 0) is 47.3 Å². The molecule has 284 valence electrons. The van der Waals surface area contributed by atoms with Crippen molar-refractivity contribution >= 4 is 47.6 Å². The van der Waals surface area contributed by atoms with E-state index in [-0.39, 0.29) is 66.1 Å². The zero-order chi connectivity index (χ0) is 40.2. The standard InChI is InChI=1S/2C14H8F8N2O2.Ce/c2*15-7-5-9(23-3-1-11(25)13(17,18)19)10(6-8(7)16)24-4-2-12(26)14(20,21)22;/h2*1-6,25-26H;/q;;+4/p-4/b2*11-1-,12-2-,23-3?,24-4?;. The van der Waals surface area contributed by atoms with Crippen molar-refractivity contribution in [2.75, 3.05) is 0 Å². The Bertz CT molecular complexity index is 1560. The van der Waals surface area contributed by atoms with E-state index in [9.17, 15) is 90.7 Å². The number of allylic oxidation sites excluding steroid dienone is 8. The number of hydrogen-bond acceptors (Lipinski definition) is 8. The number of alkyl halides is 12. The maximum absolute atomic E-state index is 13.2. The van der Waals surface area contributed by atoms with Gasteiger partial charge in [0, 0.05) is 49.1 Å². The number of rotatable bonds is 8. The summed E-state index contributed by atoms with van der Waals surface area (Å²) in [7, 11) is 0. The van der Waals surface area contributed by atoms with Gasteiger partial charge in [-0.3, -0.25) is 20.0 Å². The van der Waals surface area contributed by atoms with E-state index >= 15 is 0 Å². The Labute approximate surface area is 318 Å².